The number of aliphatic carboxylic acids is 1. The number of carbonyl (C=O) groups is 4. The van der Waals surface area contributed by atoms with E-state index in [-0.39, 0.29) is 25.3 Å². The van der Waals surface area contributed by atoms with Gasteiger partial charge in [0, 0.05) is 18.0 Å². The topological polar surface area (TPSA) is 123 Å². The number of quaternary nitrogens is 1. The van der Waals surface area contributed by atoms with Crippen LogP contribution in [-0.4, -0.2) is 34.6 Å². The molecule has 0 unspecified atom stereocenters. The molecular weight excluding hydrogens is 446 g/mol. The summed E-state index contributed by atoms with van der Waals surface area (Å²) in [4.78, 5) is 53.1. The fraction of sp³-hybridized carbons (Fsp3) is 0.333. The molecule has 4 atom stereocenters. The first-order chi connectivity index (χ1) is 15.7. The Hall–Kier alpha value is -3.23. The number of fused-ring (bicyclic) bond motifs is 4. The molecule has 3 N–H and O–H groups in total. The van der Waals surface area contributed by atoms with Crippen LogP contribution in [0.25, 0.3) is 0 Å². The molecule has 3 amide bonds. The van der Waals surface area contributed by atoms with Gasteiger partial charge in [-0.05, 0) is 36.6 Å². The predicted molar refractivity (Wildman–Crippen MR) is 115 cm³/mol. The minimum absolute atomic E-state index is 0.0951. The van der Waals surface area contributed by atoms with Crippen molar-refractivity contribution in [2.45, 2.75) is 37.9 Å². The monoisotopic (exact) mass is 467 g/mol. The van der Waals surface area contributed by atoms with Crippen LogP contribution in [0.3, 0.4) is 0 Å². The first-order valence-electron chi connectivity index (χ1n) is 10.8. The van der Waals surface area contributed by atoms with Crippen LogP contribution in [0, 0.1) is 18.8 Å². The number of benzene rings is 2. The molecule has 2 aromatic carbocycles. The van der Waals surface area contributed by atoms with Crippen molar-refractivity contribution in [3.8, 4) is 0 Å². The Morgan fingerprint density at radius 3 is 2.61 bits per heavy atom. The summed E-state index contributed by atoms with van der Waals surface area (Å²) in [5, 5.41) is 16.1. The molecule has 0 bridgehead atoms. The van der Waals surface area contributed by atoms with E-state index in [1.54, 1.807) is 11.4 Å². The Bertz CT molecular complexity index is 1200. The van der Waals surface area contributed by atoms with Gasteiger partial charge in [0.1, 0.15) is 17.9 Å². The largest absolute Gasteiger partial charge is 0.550 e. The van der Waals surface area contributed by atoms with Gasteiger partial charge in [-0.2, -0.15) is 0 Å². The van der Waals surface area contributed by atoms with Crippen LogP contribution >= 0.6 is 11.6 Å². The summed E-state index contributed by atoms with van der Waals surface area (Å²) in [5.41, 5.74) is 1.22. The lowest BCUT2D eigenvalue weighted by Crippen LogP contribution is -2.99. The molecule has 2 aromatic rings. The molecule has 2 saturated heterocycles. The molecule has 0 radical (unpaired) electrons. The van der Waals surface area contributed by atoms with Crippen molar-refractivity contribution in [1.29, 1.82) is 0 Å². The van der Waals surface area contributed by atoms with Gasteiger partial charge in [0.25, 0.3) is 5.91 Å². The zero-order chi connectivity index (χ0) is 23.5. The van der Waals surface area contributed by atoms with Gasteiger partial charge in [0.2, 0.25) is 17.4 Å². The highest BCUT2D eigenvalue weighted by Gasteiger charge is 2.74. The molecular formula is C24H22ClN3O5. The second-order valence-corrected chi connectivity index (χ2v) is 9.39. The number of nitrogens with one attached hydrogen (secondary N) is 1. The number of hydrogen-bond donors (Lipinski definition) is 2. The smallest absolute Gasteiger partial charge is 0.291 e. The Kier molecular flexibility index (Phi) is 5.02. The zero-order valence-electron chi connectivity index (χ0n) is 17.8. The highest BCUT2D eigenvalue weighted by Crippen LogP contribution is 2.51. The number of nitrogens with zero attached hydrogens (tertiary/aromatic N) is 1. The number of carboxylic acids is 1. The second kappa shape index (κ2) is 7.67. The lowest BCUT2D eigenvalue weighted by atomic mass is 9.76. The van der Waals surface area contributed by atoms with E-state index in [0.717, 1.165) is 11.1 Å². The van der Waals surface area contributed by atoms with Gasteiger partial charge in [-0.15, -0.1) is 0 Å². The molecule has 0 aliphatic carbocycles. The van der Waals surface area contributed by atoms with E-state index in [9.17, 15) is 24.3 Å². The maximum Gasteiger partial charge on any atom is 0.291 e. The SMILES string of the molecule is Cc1cc(Cl)c2c(c1)[C@]1([NH2+][C@@H](CCC(=O)[O-])[C@H]3C(=O)N(Cc4ccccc4)C(=O)[C@H]31)C(=O)N2. The Labute approximate surface area is 194 Å². The van der Waals surface area contributed by atoms with Crippen LogP contribution in [-0.2, 0) is 31.3 Å². The van der Waals surface area contributed by atoms with E-state index in [1.165, 1.54) is 4.90 Å². The molecule has 170 valence electrons. The van der Waals surface area contributed by atoms with Crippen LogP contribution in [0.4, 0.5) is 5.69 Å². The summed E-state index contributed by atoms with van der Waals surface area (Å²) < 4.78 is 0. The molecule has 3 heterocycles. The normalized spacial score (nSPS) is 27.8. The first-order valence-corrected chi connectivity index (χ1v) is 11.2. The van der Waals surface area contributed by atoms with E-state index >= 15 is 0 Å². The maximum absolute atomic E-state index is 13.7. The number of halogens is 1. The molecule has 2 fully saturated rings. The van der Waals surface area contributed by atoms with E-state index in [2.05, 4.69) is 5.32 Å². The quantitative estimate of drug-likeness (QED) is 0.602. The van der Waals surface area contributed by atoms with E-state index in [4.69, 9.17) is 11.6 Å². The highest BCUT2D eigenvalue weighted by atomic mass is 35.5. The van der Waals surface area contributed by atoms with Crippen molar-refractivity contribution in [2.24, 2.45) is 11.8 Å². The molecule has 5 rings (SSSR count). The summed E-state index contributed by atoms with van der Waals surface area (Å²) in [5.74, 6) is -4.25. The van der Waals surface area contributed by atoms with Crippen LogP contribution in [0.2, 0.25) is 5.02 Å². The Morgan fingerprint density at radius 2 is 1.91 bits per heavy atom. The average Bonchev–Trinajstić information content (AvgIpc) is 3.35. The Morgan fingerprint density at radius 1 is 1.18 bits per heavy atom. The fourth-order valence-corrected chi connectivity index (χ4v) is 6.01. The molecule has 3 aliphatic rings. The minimum atomic E-state index is -1.38. The number of carboxylic acid groups (broad SMARTS) is 1. The average molecular weight is 468 g/mol. The van der Waals surface area contributed by atoms with Crippen molar-refractivity contribution in [2.75, 3.05) is 5.32 Å². The van der Waals surface area contributed by atoms with Crippen molar-refractivity contribution in [1.82, 2.24) is 4.90 Å². The number of rotatable bonds is 5. The lowest BCUT2D eigenvalue weighted by molar-refractivity contribution is -0.734. The zero-order valence-corrected chi connectivity index (χ0v) is 18.6. The molecule has 3 aliphatic heterocycles. The molecule has 1 spiro atoms. The van der Waals surface area contributed by atoms with Crippen LogP contribution in [0.15, 0.2) is 42.5 Å². The maximum atomic E-state index is 13.7. The van der Waals surface area contributed by atoms with E-state index < -0.39 is 41.2 Å². The predicted octanol–water partition coefficient (Wildman–Crippen LogP) is 0.0729. The van der Waals surface area contributed by atoms with Crippen molar-refractivity contribution in [3.05, 3.63) is 64.2 Å². The van der Waals surface area contributed by atoms with E-state index in [1.807, 2.05) is 43.3 Å². The van der Waals surface area contributed by atoms with Gasteiger partial charge in [-0.25, -0.2) is 0 Å². The van der Waals surface area contributed by atoms with Gasteiger partial charge in [-0.1, -0.05) is 41.9 Å². The third-order valence-corrected chi connectivity index (χ3v) is 7.33. The summed E-state index contributed by atoms with van der Waals surface area (Å²) in [6.45, 7) is 1.93. The summed E-state index contributed by atoms with van der Waals surface area (Å²) >= 11 is 6.41. The molecule has 0 aromatic heterocycles. The highest BCUT2D eigenvalue weighted by molar-refractivity contribution is 6.35. The number of hydrogen-bond acceptors (Lipinski definition) is 5. The first kappa shape index (κ1) is 21.6. The van der Waals surface area contributed by atoms with Crippen LogP contribution < -0.4 is 15.7 Å². The number of amides is 3. The van der Waals surface area contributed by atoms with E-state index in [0.29, 0.717) is 16.3 Å². The van der Waals surface area contributed by atoms with Crippen molar-refractivity contribution >= 4 is 41.0 Å². The number of anilines is 1. The standard InChI is InChI=1S/C24H22ClN3O5/c1-12-9-14-20(15(25)10-12)26-23(33)24(14)19-18(16(27-24)7-8-17(29)30)21(31)28(22(19)32)11-13-5-3-2-4-6-13/h2-6,9-10,16,18-19,27H,7-8,11H2,1H3,(H,26,33)(H,29,30)/t16-,18+,19-,24+/m0/s1. The molecule has 0 saturated carbocycles. The van der Waals surface area contributed by atoms with Crippen molar-refractivity contribution < 1.29 is 29.6 Å². The lowest BCUT2D eigenvalue weighted by Gasteiger charge is -2.26. The number of carbonyl (C=O) groups excluding carboxylic acids is 4. The van der Waals surface area contributed by atoms with Crippen molar-refractivity contribution in [3.63, 3.8) is 0 Å². The summed E-state index contributed by atoms with van der Waals surface area (Å²) in [6, 6.07) is 12.1. The van der Waals surface area contributed by atoms with Gasteiger partial charge < -0.3 is 20.5 Å². The van der Waals surface area contributed by atoms with Gasteiger partial charge >= 0.3 is 0 Å². The summed E-state index contributed by atoms with van der Waals surface area (Å²) in [7, 11) is 0. The number of nitrogens with two attached hydrogens (primary N) is 1. The third-order valence-electron chi connectivity index (χ3n) is 7.03. The number of aryl methyl sites for hydroxylation is 1. The van der Waals surface area contributed by atoms with Gasteiger partial charge in [0.05, 0.1) is 17.3 Å². The molecule has 9 heteroatoms. The van der Waals surface area contributed by atoms with Gasteiger partial charge in [-0.3, -0.25) is 19.3 Å². The second-order valence-electron chi connectivity index (χ2n) is 8.99. The molecule has 33 heavy (non-hydrogen) atoms. The number of imide groups is 1. The molecule has 8 nitrogen and oxygen atoms in total. The third kappa shape index (κ3) is 3.16. The summed E-state index contributed by atoms with van der Waals surface area (Å²) in [6.07, 6.45) is -0.171. The fourth-order valence-electron chi connectivity index (χ4n) is 5.68. The Balaban J connectivity index is 1.62. The van der Waals surface area contributed by atoms with Gasteiger partial charge in [0.15, 0.2) is 0 Å². The minimum Gasteiger partial charge on any atom is -0.550 e. The number of likely N-dealkylation sites (tertiary alicyclic amines) is 1. The van der Waals surface area contributed by atoms with Crippen LogP contribution in [0.1, 0.15) is 29.5 Å². The van der Waals surface area contributed by atoms with Crippen LogP contribution in [0.5, 0.6) is 0 Å².